The number of hydrogen-bond donors (Lipinski definition) is 1. The Morgan fingerprint density at radius 1 is 0.947 bits per heavy atom. The van der Waals surface area contributed by atoms with Crippen LogP contribution in [0.3, 0.4) is 0 Å². The maximum absolute atomic E-state index is 14.6. The van der Waals surface area contributed by atoms with E-state index in [1.165, 1.54) is 29.7 Å². The number of nitrogens with zero attached hydrogens (tertiary/aromatic N) is 2. The van der Waals surface area contributed by atoms with E-state index in [0.29, 0.717) is 11.5 Å². The molecule has 206 valence electrons. The van der Waals surface area contributed by atoms with Crippen molar-refractivity contribution >= 4 is 17.6 Å². The average Bonchev–Trinajstić information content (AvgIpc) is 3.47. The molecule has 1 aromatic rings. The molecule has 1 N–H and O–H groups in total. The second-order valence-electron chi connectivity index (χ2n) is 12.1. The van der Waals surface area contributed by atoms with Gasteiger partial charge in [-0.05, 0) is 81.1 Å². The Morgan fingerprint density at radius 2 is 1.66 bits per heavy atom. The van der Waals surface area contributed by atoms with E-state index in [0.717, 1.165) is 64.1 Å². The van der Waals surface area contributed by atoms with E-state index < -0.39 is 24.4 Å². The number of Topliss-reactive ketones (excluding diaryl/α,β-unsaturated/α-hetero) is 1. The van der Waals surface area contributed by atoms with Gasteiger partial charge in [-0.25, -0.2) is 4.39 Å². The standard InChI is InChI=1S/C30H40FN3O4/c31-24-17-34(27-25(35)18-38-28(24)27)30(37)26(21-5-2-1-3-6-21)32-29(36)22-11-9-19(10-12-22)20-13-15-33(16-14-20)23-7-4-8-23/h9-12,20-21,23-24,26-28H,1-8,13-18H2,(H,32,36)/t24-,26-,27+,28+/m0/s1. The average molecular weight is 526 g/mol. The third-order valence-electron chi connectivity index (χ3n) is 9.84. The minimum absolute atomic E-state index is 0.0186. The molecule has 5 aliphatic rings. The summed E-state index contributed by atoms with van der Waals surface area (Å²) in [6.45, 7) is 1.97. The molecule has 5 fully saturated rings. The number of ketones is 1. The zero-order valence-electron chi connectivity index (χ0n) is 22.2. The number of nitrogens with one attached hydrogen (secondary N) is 1. The quantitative estimate of drug-likeness (QED) is 0.614. The normalized spacial score (nSPS) is 30.2. The van der Waals surface area contributed by atoms with Crippen molar-refractivity contribution in [2.24, 2.45) is 5.92 Å². The van der Waals surface area contributed by atoms with E-state index >= 15 is 0 Å². The number of fused-ring (bicyclic) bond motifs is 1. The van der Waals surface area contributed by atoms with Gasteiger partial charge < -0.3 is 19.9 Å². The van der Waals surface area contributed by atoms with E-state index in [9.17, 15) is 18.8 Å². The summed E-state index contributed by atoms with van der Waals surface area (Å²) < 4.78 is 19.9. The second kappa shape index (κ2) is 11.0. The van der Waals surface area contributed by atoms with Crippen LogP contribution < -0.4 is 5.32 Å². The Labute approximate surface area is 224 Å². The van der Waals surface area contributed by atoms with Gasteiger partial charge in [0.2, 0.25) is 5.91 Å². The van der Waals surface area contributed by atoms with Gasteiger partial charge in [0.1, 0.15) is 31.0 Å². The van der Waals surface area contributed by atoms with Gasteiger partial charge in [0.15, 0.2) is 5.78 Å². The molecule has 3 aliphatic heterocycles. The van der Waals surface area contributed by atoms with Gasteiger partial charge >= 0.3 is 0 Å². The van der Waals surface area contributed by atoms with Crippen molar-refractivity contribution in [2.75, 3.05) is 26.2 Å². The molecule has 2 aliphatic carbocycles. The number of ether oxygens (including phenoxy) is 1. The van der Waals surface area contributed by atoms with Crippen LogP contribution >= 0.6 is 0 Å². The highest BCUT2D eigenvalue weighted by Gasteiger charge is 2.54. The monoisotopic (exact) mass is 525 g/mol. The highest BCUT2D eigenvalue weighted by Crippen LogP contribution is 2.35. The Kier molecular flexibility index (Phi) is 7.54. The summed E-state index contributed by atoms with van der Waals surface area (Å²) in [7, 11) is 0. The molecule has 0 unspecified atom stereocenters. The maximum atomic E-state index is 14.6. The molecule has 0 radical (unpaired) electrons. The first-order chi connectivity index (χ1) is 18.5. The minimum atomic E-state index is -1.38. The van der Waals surface area contributed by atoms with Gasteiger partial charge in [-0.2, -0.15) is 0 Å². The maximum Gasteiger partial charge on any atom is 0.251 e. The summed E-state index contributed by atoms with van der Waals surface area (Å²) in [6.07, 6.45) is 8.86. The molecule has 8 heteroatoms. The molecule has 6 rings (SSSR count). The molecule has 2 saturated carbocycles. The molecular formula is C30H40FN3O4. The van der Waals surface area contributed by atoms with Crippen LogP contribution in [-0.2, 0) is 14.3 Å². The first-order valence-corrected chi connectivity index (χ1v) is 14.7. The topological polar surface area (TPSA) is 79.0 Å². The van der Waals surface area contributed by atoms with Gasteiger partial charge in [0.05, 0.1) is 6.54 Å². The number of carbonyl (C=O) groups excluding carboxylic acids is 3. The minimum Gasteiger partial charge on any atom is -0.365 e. The third kappa shape index (κ3) is 5.02. The van der Waals surface area contributed by atoms with Gasteiger partial charge in [-0.15, -0.1) is 0 Å². The van der Waals surface area contributed by atoms with E-state index in [-0.39, 0.29) is 36.7 Å². The molecule has 3 saturated heterocycles. The molecular weight excluding hydrogens is 485 g/mol. The zero-order valence-corrected chi connectivity index (χ0v) is 22.2. The largest absolute Gasteiger partial charge is 0.365 e. The smallest absolute Gasteiger partial charge is 0.251 e. The summed E-state index contributed by atoms with van der Waals surface area (Å²) >= 11 is 0. The lowest BCUT2D eigenvalue weighted by Crippen LogP contribution is -2.55. The number of halogens is 1. The lowest BCUT2D eigenvalue weighted by Gasteiger charge is -2.42. The van der Waals surface area contributed by atoms with Crippen LogP contribution in [0.25, 0.3) is 0 Å². The van der Waals surface area contributed by atoms with E-state index in [2.05, 4.69) is 22.3 Å². The third-order valence-corrected chi connectivity index (χ3v) is 9.84. The Balaban J connectivity index is 1.13. The number of rotatable bonds is 6. The first kappa shape index (κ1) is 25.9. The molecule has 2 amide bonds. The molecule has 38 heavy (non-hydrogen) atoms. The van der Waals surface area contributed by atoms with E-state index in [4.69, 9.17) is 4.74 Å². The predicted molar refractivity (Wildman–Crippen MR) is 141 cm³/mol. The van der Waals surface area contributed by atoms with Crippen molar-refractivity contribution in [3.05, 3.63) is 35.4 Å². The van der Waals surface area contributed by atoms with Crippen LogP contribution in [0, 0.1) is 5.92 Å². The lowest BCUT2D eigenvalue weighted by molar-refractivity contribution is -0.139. The number of piperidine rings is 1. The fourth-order valence-corrected chi connectivity index (χ4v) is 7.33. The summed E-state index contributed by atoms with van der Waals surface area (Å²) in [5, 5.41) is 3.01. The van der Waals surface area contributed by atoms with Crippen molar-refractivity contribution < 1.29 is 23.5 Å². The van der Waals surface area contributed by atoms with E-state index in [1.54, 1.807) is 0 Å². The van der Waals surface area contributed by atoms with Crippen LogP contribution in [0.2, 0.25) is 0 Å². The van der Waals surface area contributed by atoms with Crippen molar-refractivity contribution in [3.8, 4) is 0 Å². The van der Waals surface area contributed by atoms with Crippen molar-refractivity contribution in [1.82, 2.24) is 15.1 Å². The van der Waals surface area contributed by atoms with Crippen molar-refractivity contribution in [2.45, 2.75) is 101 Å². The lowest BCUT2D eigenvalue weighted by atomic mass is 9.83. The number of benzene rings is 1. The highest BCUT2D eigenvalue weighted by molar-refractivity contribution is 5.99. The molecule has 4 atom stereocenters. The fourth-order valence-electron chi connectivity index (χ4n) is 7.33. The van der Waals surface area contributed by atoms with Crippen molar-refractivity contribution in [1.29, 1.82) is 0 Å². The molecule has 7 nitrogen and oxygen atoms in total. The van der Waals surface area contributed by atoms with Crippen molar-refractivity contribution in [3.63, 3.8) is 0 Å². The molecule has 0 spiro atoms. The van der Waals surface area contributed by atoms with Crippen LogP contribution in [-0.4, -0.2) is 84.0 Å². The van der Waals surface area contributed by atoms with Crippen LogP contribution in [0.4, 0.5) is 4.39 Å². The summed E-state index contributed by atoms with van der Waals surface area (Å²) in [6, 6.07) is 7.00. The highest BCUT2D eigenvalue weighted by atomic mass is 19.1. The predicted octanol–water partition coefficient (Wildman–Crippen LogP) is 3.61. The molecule has 0 aromatic heterocycles. The van der Waals surface area contributed by atoms with Gasteiger partial charge in [0.25, 0.3) is 5.91 Å². The summed E-state index contributed by atoms with van der Waals surface area (Å²) in [5.41, 5.74) is 1.80. The molecule has 3 heterocycles. The van der Waals surface area contributed by atoms with E-state index in [1.807, 2.05) is 12.1 Å². The first-order valence-electron chi connectivity index (χ1n) is 14.7. The van der Waals surface area contributed by atoms with Gasteiger partial charge in [0, 0.05) is 11.6 Å². The number of likely N-dealkylation sites (tertiary alicyclic amines) is 2. The zero-order chi connectivity index (χ0) is 26.2. The summed E-state index contributed by atoms with van der Waals surface area (Å²) in [5.74, 6) is -0.403. The summed E-state index contributed by atoms with van der Waals surface area (Å²) in [4.78, 5) is 43.5. The second-order valence-corrected chi connectivity index (χ2v) is 12.1. The Bertz CT molecular complexity index is 1030. The Morgan fingerprint density at radius 3 is 2.32 bits per heavy atom. The molecule has 0 bridgehead atoms. The number of hydrogen-bond acceptors (Lipinski definition) is 5. The van der Waals surface area contributed by atoms with Gasteiger partial charge in [-0.1, -0.05) is 37.8 Å². The van der Waals surface area contributed by atoms with Crippen LogP contribution in [0.15, 0.2) is 24.3 Å². The number of amides is 2. The Hall–Kier alpha value is -2.32. The molecule has 1 aromatic carbocycles. The number of alkyl halides is 1. The van der Waals surface area contributed by atoms with Crippen LogP contribution in [0.1, 0.15) is 86.0 Å². The fraction of sp³-hybridized carbons (Fsp3) is 0.700. The SMILES string of the molecule is O=C(N[C@H](C(=O)N1C[C@H](F)[C@H]2OCC(=O)[C@H]21)C1CCCCC1)c1ccc(C2CCN(C3CCC3)CC2)cc1. The van der Waals surface area contributed by atoms with Gasteiger partial charge in [-0.3, -0.25) is 14.4 Å². The van der Waals surface area contributed by atoms with Crippen LogP contribution in [0.5, 0.6) is 0 Å². The number of carbonyl (C=O) groups is 3.